The summed E-state index contributed by atoms with van der Waals surface area (Å²) in [7, 11) is 2.24. The third-order valence-corrected chi connectivity index (χ3v) is 4.83. The van der Waals surface area contributed by atoms with Gasteiger partial charge in [0.25, 0.3) is 0 Å². The summed E-state index contributed by atoms with van der Waals surface area (Å²) in [5, 5.41) is 3.74. The topological polar surface area (TPSA) is 15.3 Å². The van der Waals surface area contributed by atoms with E-state index in [1.165, 1.54) is 38.2 Å². The van der Waals surface area contributed by atoms with Crippen LogP contribution in [0.4, 0.5) is 0 Å². The van der Waals surface area contributed by atoms with Crippen molar-refractivity contribution in [3.8, 4) is 0 Å². The molecule has 2 saturated heterocycles. The predicted molar refractivity (Wildman–Crippen MR) is 59.1 cm³/mol. The van der Waals surface area contributed by atoms with Crippen LogP contribution in [-0.2, 0) is 0 Å². The zero-order valence-electron chi connectivity index (χ0n) is 8.68. The lowest BCUT2D eigenvalue weighted by atomic mass is 10.0. The summed E-state index contributed by atoms with van der Waals surface area (Å²) in [6.45, 7) is 6.05. The Morgan fingerprint density at radius 2 is 2.38 bits per heavy atom. The second kappa shape index (κ2) is 3.79. The van der Waals surface area contributed by atoms with Crippen LogP contribution in [0.25, 0.3) is 0 Å². The smallest absolute Gasteiger partial charge is 0.0774 e. The van der Waals surface area contributed by atoms with Crippen molar-refractivity contribution in [2.24, 2.45) is 5.92 Å². The molecular weight excluding hydrogens is 180 g/mol. The molecule has 0 aliphatic carbocycles. The zero-order chi connectivity index (χ0) is 9.31. The first-order chi connectivity index (χ1) is 6.20. The van der Waals surface area contributed by atoms with E-state index in [0.29, 0.717) is 4.87 Å². The maximum Gasteiger partial charge on any atom is 0.0774 e. The SMILES string of the molecule is CC1CNC2(CCCN(C)C2)SC1. The van der Waals surface area contributed by atoms with Gasteiger partial charge in [-0.15, -0.1) is 11.8 Å². The van der Waals surface area contributed by atoms with Gasteiger partial charge in [0.05, 0.1) is 4.87 Å². The molecule has 2 nitrogen and oxygen atoms in total. The molecule has 2 fully saturated rings. The van der Waals surface area contributed by atoms with Crippen molar-refractivity contribution >= 4 is 11.8 Å². The van der Waals surface area contributed by atoms with Crippen molar-refractivity contribution in [2.75, 3.05) is 32.4 Å². The third kappa shape index (κ3) is 2.20. The molecule has 0 aromatic heterocycles. The van der Waals surface area contributed by atoms with Crippen LogP contribution >= 0.6 is 11.8 Å². The molecule has 0 aromatic carbocycles. The highest BCUT2D eigenvalue weighted by Crippen LogP contribution is 2.35. The molecule has 2 rings (SSSR count). The lowest BCUT2D eigenvalue weighted by molar-refractivity contribution is 0.199. The van der Waals surface area contributed by atoms with E-state index in [2.05, 4.69) is 35.9 Å². The molecule has 1 N–H and O–H groups in total. The summed E-state index contributed by atoms with van der Waals surface area (Å²) in [6, 6.07) is 0. The van der Waals surface area contributed by atoms with Crippen molar-refractivity contribution in [3.05, 3.63) is 0 Å². The molecule has 2 unspecified atom stereocenters. The monoisotopic (exact) mass is 200 g/mol. The van der Waals surface area contributed by atoms with E-state index in [4.69, 9.17) is 0 Å². The van der Waals surface area contributed by atoms with Crippen molar-refractivity contribution < 1.29 is 0 Å². The van der Waals surface area contributed by atoms with Crippen molar-refractivity contribution in [3.63, 3.8) is 0 Å². The number of piperidine rings is 1. The van der Waals surface area contributed by atoms with E-state index in [0.717, 1.165) is 5.92 Å². The standard InChI is InChI=1S/C10H20N2S/c1-9-6-11-10(13-7-9)4-3-5-12(2)8-10/h9,11H,3-8H2,1-2H3. The van der Waals surface area contributed by atoms with E-state index in [-0.39, 0.29) is 0 Å². The predicted octanol–water partition coefficient (Wildman–Crippen LogP) is 1.38. The third-order valence-electron chi connectivity index (χ3n) is 3.06. The van der Waals surface area contributed by atoms with E-state index < -0.39 is 0 Å². The highest BCUT2D eigenvalue weighted by Gasteiger charge is 2.37. The first-order valence-corrected chi connectivity index (χ1v) is 6.26. The normalized spacial score (nSPS) is 42.5. The fraction of sp³-hybridized carbons (Fsp3) is 1.00. The van der Waals surface area contributed by atoms with Gasteiger partial charge in [0, 0.05) is 6.54 Å². The average molecular weight is 200 g/mol. The second-order valence-corrected chi connectivity index (χ2v) is 6.04. The van der Waals surface area contributed by atoms with Gasteiger partial charge in [0.2, 0.25) is 0 Å². The minimum atomic E-state index is 0.402. The lowest BCUT2D eigenvalue weighted by Gasteiger charge is -2.45. The Bertz CT molecular complexity index is 176. The fourth-order valence-corrected chi connectivity index (χ4v) is 3.77. The Morgan fingerprint density at radius 3 is 3.00 bits per heavy atom. The molecule has 0 bridgehead atoms. The van der Waals surface area contributed by atoms with Crippen LogP contribution in [0.2, 0.25) is 0 Å². The summed E-state index contributed by atoms with van der Waals surface area (Å²) < 4.78 is 0. The highest BCUT2D eigenvalue weighted by molar-refractivity contribution is 8.00. The van der Waals surface area contributed by atoms with Gasteiger partial charge in [-0.1, -0.05) is 6.92 Å². The van der Waals surface area contributed by atoms with Gasteiger partial charge >= 0.3 is 0 Å². The van der Waals surface area contributed by atoms with E-state index in [1.54, 1.807) is 0 Å². The largest absolute Gasteiger partial charge is 0.304 e. The number of nitrogens with zero attached hydrogens (tertiary/aromatic N) is 1. The lowest BCUT2D eigenvalue weighted by Crippen LogP contribution is -2.57. The summed E-state index contributed by atoms with van der Waals surface area (Å²) >= 11 is 2.15. The van der Waals surface area contributed by atoms with Gasteiger partial charge in [-0.2, -0.15) is 0 Å². The van der Waals surface area contributed by atoms with E-state index in [1.807, 2.05) is 0 Å². The first kappa shape index (κ1) is 9.81. The van der Waals surface area contributed by atoms with Gasteiger partial charge in [0.15, 0.2) is 0 Å². The van der Waals surface area contributed by atoms with Crippen LogP contribution in [0.5, 0.6) is 0 Å². The molecule has 2 aliphatic heterocycles. The minimum Gasteiger partial charge on any atom is -0.304 e. The number of nitrogens with one attached hydrogen (secondary N) is 1. The number of rotatable bonds is 0. The zero-order valence-corrected chi connectivity index (χ0v) is 9.49. The summed E-state index contributed by atoms with van der Waals surface area (Å²) in [5.41, 5.74) is 0. The van der Waals surface area contributed by atoms with E-state index in [9.17, 15) is 0 Å². The van der Waals surface area contributed by atoms with Gasteiger partial charge in [-0.05, 0) is 44.6 Å². The molecule has 0 aromatic rings. The van der Waals surface area contributed by atoms with Crippen LogP contribution in [0.3, 0.4) is 0 Å². The van der Waals surface area contributed by atoms with Crippen LogP contribution in [0.15, 0.2) is 0 Å². The molecule has 2 atom stereocenters. The number of likely N-dealkylation sites (tertiary alicyclic amines) is 1. The van der Waals surface area contributed by atoms with E-state index >= 15 is 0 Å². The Hall–Kier alpha value is 0.270. The maximum atomic E-state index is 3.74. The molecule has 3 heteroatoms. The molecule has 76 valence electrons. The second-order valence-electron chi connectivity index (χ2n) is 4.63. The molecular formula is C10H20N2S. The number of thioether (sulfide) groups is 1. The molecule has 2 aliphatic rings. The summed E-state index contributed by atoms with van der Waals surface area (Å²) in [5.74, 6) is 2.18. The summed E-state index contributed by atoms with van der Waals surface area (Å²) in [4.78, 5) is 2.86. The van der Waals surface area contributed by atoms with Crippen molar-refractivity contribution in [1.82, 2.24) is 10.2 Å². The summed E-state index contributed by atoms with van der Waals surface area (Å²) in [6.07, 6.45) is 2.71. The highest BCUT2D eigenvalue weighted by atomic mass is 32.2. The Kier molecular flexibility index (Phi) is 2.86. The Morgan fingerprint density at radius 1 is 1.54 bits per heavy atom. The number of hydrogen-bond acceptors (Lipinski definition) is 3. The van der Waals surface area contributed by atoms with Gasteiger partial charge in [-0.3, -0.25) is 0 Å². The molecule has 0 saturated carbocycles. The minimum absolute atomic E-state index is 0.402. The molecule has 13 heavy (non-hydrogen) atoms. The van der Waals surface area contributed by atoms with Crippen LogP contribution in [-0.4, -0.2) is 42.2 Å². The Balaban J connectivity index is 1.95. The number of likely N-dealkylation sites (N-methyl/N-ethyl adjacent to an activating group) is 1. The molecule has 0 amide bonds. The van der Waals surface area contributed by atoms with Crippen LogP contribution in [0, 0.1) is 5.92 Å². The van der Waals surface area contributed by atoms with Gasteiger partial charge in [-0.25, -0.2) is 0 Å². The van der Waals surface area contributed by atoms with Gasteiger partial charge in [0.1, 0.15) is 0 Å². The maximum absolute atomic E-state index is 3.74. The number of hydrogen-bond donors (Lipinski definition) is 1. The fourth-order valence-electron chi connectivity index (χ4n) is 2.26. The first-order valence-electron chi connectivity index (χ1n) is 5.28. The Labute approximate surface area is 85.4 Å². The molecule has 0 radical (unpaired) electrons. The van der Waals surface area contributed by atoms with Crippen molar-refractivity contribution in [1.29, 1.82) is 0 Å². The van der Waals surface area contributed by atoms with Crippen molar-refractivity contribution in [2.45, 2.75) is 24.6 Å². The van der Waals surface area contributed by atoms with Crippen LogP contribution < -0.4 is 5.32 Å². The average Bonchev–Trinajstić information content (AvgIpc) is 2.11. The molecule has 2 heterocycles. The van der Waals surface area contributed by atoms with Crippen LogP contribution in [0.1, 0.15) is 19.8 Å². The molecule has 1 spiro atoms. The quantitative estimate of drug-likeness (QED) is 0.636. The van der Waals surface area contributed by atoms with Gasteiger partial charge < -0.3 is 10.2 Å².